The normalized spacial score (nSPS) is 22.9. The van der Waals surface area contributed by atoms with Gasteiger partial charge in [0.15, 0.2) is 0 Å². The minimum Gasteiger partial charge on any atom is -0.341 e. The number of carbonyl (C=O) groups is 3. The van der Waals surface area contributed by atoms with Crippen LogP contribution in [0.25, 0.3) is 0 Å². The van der Waals surface area contributed by atoms with E-state index < -0.39 is 17.6 Å². The third kappa shape index (κ3) is 3.89. The van der Waals surface area contributed by atoms with Crippen LogP contribution in [0.2, 0.25) is 0 Å². The molecule has 3 fully saturated rings. The zero-order valence-electron chi connectivity index (χ0n) is 17.2. The number of hydrogen-bond donors (Lipinski definition) is 1. The van der Waals surface area contributed by atoms with Crippen LogP contribution in [0, 0.1) is 5.92 Å². The minimum absolute atomic E-state index is 0.106. The molecule has 0 bridgehead atoms. The molecule has 156 valence electrons. The fourth-order valence-corrected chi connectivity index (χ4v) is 5.14. The molecule has 2 heterocycles. The maximum atomic E-state index is 13.0. The van der Waals surface area contributed by atoms with E-state index in [-0.39, 0.29) is 11.8 Å². The van der Waals surface area contributed by atoms with Crippen molar-refractivity contribution in [3.63, 3.8) is 0 Å². The average molecular weight is 398 g/mol. The molecule has 1 unspecified atom stereocenters. The van der Waals surface area contributed by atoms with Crippen LogP contribution in [0.4, 0.5) is 4.79 Å². The Morgan fingerprint density at radius 1 is 1.14 bits per heavy atom. The molecule has 4 amide bonds. The Morgan fingerprint density at radius 3 is 2.45 bits per heavy atom. The number of benzene rings is 1. The lowest BCUT2D eigenvalue weighted by molar-refractivity contribution is -0.143. The highest BCUT2D eigenvalue weighted by Crippen LogP contribution is 2.36. The number of nitrogens with zero attached hydrogens (tertiary/aromatic N) is 2. The van der Waals surface area contributed by atoms with E-state index in [4.69, 9.17) is 0 Å². The molecule has 4 rings (SSSR count). The molecule has 1 spiro atoms. The number of imide groups is 1. The van der Waals surface area contributed by atoms with Gasteiger partial charge in [-0.15, -0.1) is 0 Å². The number of amides is 4. The lowest BCUT2D eigenvalue weighted by Crippen LogP contribution is -2.52. The zero-order valence-corrected chi connectivity index (χ0v) is 17.2. The first-order valence-corrected chi connectivity index (χ1v) is 11.0. The second-order valence-electron chi connectivity index (χ2n) is 8.86. The summed E-state index contributed by atoms with van der Waals surface area (Å²) in [7, 11) is 0. The van der Waals surface area contributed by atoms with Crippen molar-refractivity contribution in [1.82, 2.24) is 15.1 Å². The maximum Gasteiger partial charge on any atom is 0.325 e. The number of urea groups is 1. The Balaban J connectivity index is 1.30. The van der Waals surface area contributed by atoms with E-state index in [1.54, 1.807) is 6.92 Å². The third-order valence-corrected chi connectivity index (χ3v) is 7.01. The van der Waals surface area contributed by atoms with E-state index in [2.05, 4.69) is 29.6 Å². The smallest absolute Gasteiger partial charge is 0.325 e. The monoisotopic (exact) mass is 397 g/mol. The molecule has 1 atom stereocenters. The van der Waals surface area contributed by atoms with Crippen molar-refractivity contribution in [2.75, 3.05) is 13.1 Å². The Bertz CT molecular complexity index is 765. The summed E-state index contributed by atoms with van der Waals surface area (Å²) < 4.78 is 0. The summed E-state index contributed by atoms with van der Waals surface area (Å²) in [5, 5.41) is 2.87. The van der Waals surface area contributed by atoms with Crippen LogP contribution >= 0.6 is 0 Å². The highest BCUT2D eigenvalue weighted by atomic mass is 16.2. The quantitative estimate of drug-likeness (QED) is 0.776. The van der Waals surface area contributed by atoms with Crippen LogP contribution in [-0.4, -0.2) is 52.3 Å². The van der Waals surface area contributed by atoms with E-state index in [0.717, 1.165) is 38.5 Å². The summed E-state index contributed by atoms with van der Waals surface area (Å²) in [6.45, 7) is 3.10. The summed E-state index contributed by atoms with van der Waals surface area (Å²) in [6, 6.07) is 9.37. The molecule has 1 aromatic rings. The van der Waals surface area contributed by atoms with Gasteiger partial charge >= 0.3 is 6.03 Å². The van der Waals surface area contributed by atoms with Crippen molar-refractivity contribution in [1.29, 1.82) is 0 Å². The van der Waals surface area contributed by atoms with E-state index >= 15 is 0 Å². The molecule has 2 aliphatic heterocycles. The third-order valence-electron chi connectivity index (χ3n) is 7.01. The Kier molecular flexibility index (Phi) is 5.61. The van der Waals surface area contributed by atoms with E-state index in [9.17, 15) is 14.4 Å². The highest BCUT2D eigenvalue weighted by Gasteiger charge is 2.54. The number of carbonyl (C=O) groups excluding carboxylic acids is 3. The number of rotatable bonds is 5. The SMILES string of the molecule is CC(C(=O)N1CCC(CCc2ccccc2)CC1)N1C(=O)NC2(CCCC2)C1=O. The number of piperidine rings is 1. The van der Waals surface area contributed by atoms with Gasteiger partial charge in [-0.2, -0.15) is 0 Å². The van der Waals surface area contributed by atoms with Gasteiger partial charge in [-0.05, 0) is 56.9 Å². The molecule has 1 aromatic carbocycles. The average Bonchev–Trinajstić information content (AvgIpc) is 3.31. The summed E-state index contributed by atoms with van der Waals surface area (Å²) in [5.74, 6) is 0.302. The van der Waals surface area contributed by atoms with Crippen molar-refractivity contribution in [3.8, 4) is 0 Å². The van der Waals surface area contributed by atoms with Gasteiger partial charge in [-0.1, -0.05) is 43.2 Å². The van der Waals surface area contributed by atoms with E-state index in [0.29, 0.717) is 31.8 Å². The standard InChI is InChI=1S/C23H31N3O3/c1-17(26-21(28)23(24-22(26)29)13-5-6-14-23)20(27)25-15-11-19(12-16-25)10-9-18-7-3-2-4-8-18/h2-4,7-8,17,19H,5-6,9-16H2,1H3,(H,24,29). The summed E-state index contributed by atoms with van der Waals surface area (Å²) in [6.07, 6.45) is 7.42. The van der Waals surface area contributed by atoms with Gasteiger partial charge in [0, 0.05) is 13.1 Å². The van der Waals surface area contributed by atoms with Crippen LogP contribution in [0.3, 0.4) is 0 Å². The second kappa shape index (κ2) is 8.17. The van der Waals surface area contributed by atoms with Crippen molar-refractivity contribution in [2.24, 2.45) is 5.92 Å². The van der Waals surface area contributed by atoms with Crippen molar-refractivity contribution >= 4 is 17.8 Å². The fraction of sp³-hybridized carbons (Fsp3) is 0.609. The molecule has 3 aliphatic rings. The van der Waals surface area contributed by atoms with Gasteiger partial charge in [0.25, 0.3) is 5.91 Å². The molecule has 29 heavy (non-hydrogen) atoms. The van der Waals surface area contributed by atoms with Gasteiger partial charge < -0.3 is 10.2 Å². The van der Waals surface area contributed by atoms with Gasteiger partial charge in [-0.25, -0.2) is 9.69 Å². The summed E-state index contributed by atoms with van der Waals surface area (Å²) in [4.78, 5) is 41.4. The Morgan fingerprint density at radius 2 is 1.79 bits per heavy atom. The van der Waals surface area contributed by atoms with Crippen LogP contribution < -0.4 is 5.32 Å². The molecule has 6 heteroatoms. The van der Waals surface area contributed by atoms with Crippen molar-refractivity contribution in [2.45, 2.75) is 69.9 Å². The molecule has 2 saturated heterocycles. The van der Waals surface area contributed by atoms with Crippen LogP contribution in [0.5, 0.6) is 0 Å². The fourth-order valence-electron chi connectivity index (χ4n) is 5.14. The highest BCUT2D eigenvalue weighted by molar-refractivity contribution is 6.09. The minimum atomic E-state index is -0.754. The topological polar surface area (TPSA) is 69.7 Å². The first-order chi connectivity index (χ1) is 14.0. The van der Waals surface area contributed by atoms with Crippen LogP contribution in [0.15, 0.2) is 30.3 Å². The van der Waals surface area contributed by atoms with Crippen molar-refractivity contribution < 1.29 is 14.4 Å². The lowest BCUT2D eigenvalue weighted by Gasteiger charge is -2.35. The molecule has 1 N–H and O–H groups in total. The first-order valence-electron chi connectivity index (χ1n) is 11.0. The predicted molar refractivity (Wildman–Crippen MR) is 110 cm³/mol. The van der Waals surface area contributed by atoms with Gasteiger partial charge in [0.1, 0.15) is 11.6 Å². The molecular weight excluding hydrogens is 366 g/mol. The van der Waals surface area contributed by atoms with Crippen molar-refractivity contribution in [3.05, 3.63) is 35.9 Å². The zero-order chi connectivity index (χ0) is 20.4. The van der Waals surface area contributed by atoms with E-state index in [1.807, 2.05) is 11.0 Å². The molecule has 0 radical (unpaired) electrons. The first kappa shape index (κ1) is 19.9. The summed E-state index contributed by atoms with van der Waals surface area (Å²) >= 11 is 0. The number of nitrogens with one attached hydrogen (secondary N) is 1. The second-order valence-corrected chi connectivity index (χ2v) is 8.86. The number of aryl methyl sites for hydroxylation is 1. The molecule has 1 aliphatic carbocycles. The molecule has 0 aromatic heterocycles. The molecule has 1 saturated carbocycles. The predicted octanol–water partition coefficient (Wildman–Crippen LogP) is 3.11. The Hall–Kier alpha value is -2.37. The molecular formula is C23H31N3O3. The van der Waals surface area contributed by atoms with E-state index in [1.165, 1.54) is 10.5 Å². The maximum absolute atomic E-state index is 13.0. The number of hydrogen-bond acceptors (Lipinski definition) is 3. The van der Waals surface area contributed by atoms with Crippen LogP contribution in [0.1, 0.15) is 57.4 Å². The van der Waals surface area contributed by atoms with Gasteiger partial charge in [0.2, 0.25) is 5.91 Å². The van der Waals surface area contributed by atoms with Gasteiger partial charge in [-0.3, -0.25) is 9.59 Å². The molecule has 6 nitrogen and oxygen atoms in total. The largest absolute Gasteiger partial charge is 0.341 e. The van der Waals surface area contributed by atoms with Gasteiger partial charge in [0.05, 0.1) is 0 Å². The Labute approximate surface area is 172 Å². The number of likely N-dealkylation sites (tertiary alicyclic amines) is 1. The van der Waals surface area contributed by atoms with Crippen LogP contribution in [-0.2, 0) is 16.0 Å². The lowest BCUT2D eigenvalue weighted by atomic mass is 9.90. The summed E-state index contributed by atoms with van der Waals surface area (Å²) in [5.41, 5.74) is 0.606.